The largest absolute Gasteiger partial charge is 0.463 e. The summed E-state index contributed by atoms with van der Waals surface area (Å²) in [5.41, 5.74) is 2.43. The second kappa shape index (κ2) is 7.70. The molecular formula is C19H25N3O3. The summed E-state index contributed by atoms with van der Waals surface area (Å²) < 4.78 is 5.19. The van der Waals surface area contributed by atoms with Gasteiger partial charge in [0.1, 0.15) is 0 Å². The van der Waals surface area contributed by atoms with Crippen molar-refractivity contribution in [2.24, 2.45) is 0 Å². The van der Waals surface area contributed by atoms with Crippen LogP contribution in [0.2, 0.25) is 0 Å². The molecule has 2 heterocycles. The molecule has 1 fully saturated rings. The normalized spacial score (nSPS) is 24.0. The second-order valence-electron chi connectivity index (χ2n) is 6.47. The van der Waals surface area contributed by atoms with Crippen molar-refractivity contribution in [1.29, 1.82) is 0 Å². The molecule has 0 spiro atoms. The number of carbonyl (C=O) groups excluding carboxylic acids is 2. The first-order valence-corrected chi connectivity index (χ1v) is 8.86. The molecule has 0 bridgehead atoms. The first-order chi connectivity index (χ1) is 12.1. The van der Waals surface area contributed by atoms with Gasteiger partial charge in [0.15, 0.2) is 0 Å². The number of hydrogen-bond donors (Lipinski definition) is 2. The SMILES string of the molecule is CCOC(=O)C1=C(CN2CCC[C@H]2c2ccccc2)NC(=O)N[C@@H]1C. The van der Waals surface area contributed by atoms with Gasteiger partial charge in [0.25, 0.3) is 0 Å². The molecule has 2 amide bonds. The van der Waals surface area contributed by atoms with Gasteiger partial charge in [-0.3, -0.25) is 4.90 Å². The molecule has 0 radical (unpaired) electrons. The Hall–Kier alpha value is -2.34. The number of rotatable bonds is 5. The maximum atomic E-state index is 12.4. The fourth-order valence-electron chi connectivity index (χ4n) is 3.68. The third-order valence-electron chi connectivity index (χ3n) is 4.77. The lowest BCUT2D eigenvalue weighted by Crippen LogP contribution is -2.51. The summed E-state index contributed by atoms with van der Waals surface area (Å²) in [6.07, 6.45) is 2.18. The van der Waals surface area contributed by atoms with Gasteiger partial charge < -0.3 is 15.4 Å². The minimum atomic E-state index is -0.368. The zero-order valence-electron chi connectivity index (χ0n) is 14.7. The van der Waals surface area contributed by atoms with Gasteiger partial charge in [0.2, 0.25) is 0 Å². The van der Waals surface area contributed by atoms with E-state index in [0.717, 1.165) is 19.4 Å². The van der Waals surface area contributed by atoms with Gasteiger partial charge in [-0.15, -0.1) is 0 Å². The van der Waals surface area contributed by atoms with E-state index in [1.807, 2.05) is 25.1 Å². The standard InChI is InChI=1S/C19H25N3O3/c1-3-25-18(23)17-13(2)20-19(24)21-15(17)12-22-11-7-10-16(22)14-8-5-4-6-9-14/h4-6,8-9,13,16H,3,7,10-12H2,1-2H3,(H2,20,21,24)/t13-,16+/m1/s1. The topological polar surface area (TPSA) is 70.7 Å². The molecule has 0 saturated carbocycles. The van der Waals surface area contributed by atoms with Crippen molar-refractivity contribution < 1.29 is 14.3 Å². The van der Waals surface area contributed by atoms with E-state index in [4.69, 9.17) is 4.74 Å². The molecule has 2 aliphatic heterocycles. The van der Waals surface area contributed by atoms with Crippen LogP contribution >= 0.6 is 0 Å². The number of likely N-dealkylation sites (tertiary alicyclic amines) is 1. The van der Waals surface area contributed by atoms with Gasteiger partial charge in [-0.05, 0) is 38.8 Å². The molecule has 1 aromatic rings. The van der Waals surface area contributed by atoms with Crippen LogP contribution in [0.4, 0.5) is 4.79 Å². The van der Waals surface area contributed by atoms with Crippen LogP contribution in [0.25, 0.3) is 0 Å². The minimum absolute atomic E-state index is 0.272. The van der Waals surface area contributed by atoms with Crippen molar-refractivity contribution >= 4 is 12.0 Å². The number of nitrogens with zero attached hydrogens (tertiary/aromatic N) is 1. The van der Waals surface area contributed by atoms with Crippen molar-refractivity contribution in [3.05, 3.63) is 47.2 Å². The van der Waals surface area contributed by atoms with Crippen LogP contribution in [-0.4, -0.2) is 42.6 Å². The van der Waals surface area contributed by atoms with E-state index in [1.54, 1.807) is 6.92 Å². The number of nitrogens with one attached hydrogen (secondary N) is 2. The summed E-state index contributed by atoms with van der Waals surface area (Å²) in [5.74, 6) is -0.368. The Balaban J connectivity index is 1.85. The lowest BCUT2D eigenvalue weighted by atomic mass is 10.0. The molecule has 1 saturated heterocycles. The van der Waals surface area contributed by atoms with Crippen molar-refractivity contribution in [1.82, 2.24) is 15.5 Å². The number of urea groups is 1. The van der Waals surface area contributed by atoms with Crippen LogP contribution in [0, 0.1) is 0 Å². The van der Waals surface area contributed by atoms with Gasteiger partial charge in [0, 0.05) is 18.3 Å². The Kier molecular flexibility index (Phi) is 5.38. The van der Waals surface area contributed by atoms with Crippen LogP contribution in [0.15, 0.2) is 41.6 Å². The monoisotopic (exact) mass is 343 g/mol. The summed E-state index contributed by atoms with van der Waals surface area (Å²) in [4.78, 5) is 26.6. The summed E-state index contributed by atoms with van der Waals surface area (Å²) in [7, 11) is 0. The number of benzene rings is 1. The highest BCUT2D eigenvalue weighted by Crippen LogP contribution is 2.32. The van der Waals surface area contributed by atoms with Crippen molar-refractivity contribution in [2.75, 3.05) is 19.7 Å². The van der Waals surface area contributed by atoms with Gasteiger partial charge >= 0.3 is 12.0 Å². The molecule has 6 nitrogen and oxygen atoms in total. The van der Waals surface area contributed by atoms with Gasteiger partial charge in [-0.25, -0.2) is 9.59 Å². The van der Waals surface area contributed by atoms with Crippen molar-refractivity contribution in [2.45, 2.75) is 38.8 Å². The van der Waals surface area contributed by atoms with Crippen LogP contribution in [-0.2, 0) is 9.53 Å². The van der Waals surface area contributed by atoms with Gasteiger partial charge in [-0.2, -0.15) is 0 Å². The third kappa shape index (κ3) is 3.85. The molecule has 0 unspecified atom stereocenters. The Bertz CT molecular complexity index is 672. The quantitative estimate of drug-likeness (QED) is 0.805. The van der Waals surface area contributed by atoms with Crippen LogP contribution in [0.3, 0.4) is 0 Å². The number of carbonyl (C=O) groups is 2. The lowest BCUT2D eigenvalue weighted by Gasteiger charge is -2.31. The molecule has 6 heteroatoms. The Morgan fingerprint density at radius 3 is 2.80 bits per heavy atom. The second-order valence-corrected chi connectivity index (χ2v) is 6.47. The van der Waals surface area contributed by atoms with Crippen LogP contribution in [0.1, 0.15) is 38.3 Å². The van der Waals surface area contributed by atoms with E-state index >= 15 is 0 Å². The van der Waals surface area contributed by atoms with Crippen LogP contribution < -0.4 is 10.6 Å². The highest BCUT2D eigenvalue weighted by Gasteiger charge is 2.33. The third-order valence-corrected chi connectivity index (χ3v) is 4.77. The Morgan fingerprint density at radius 2 is 2.08 bits per heavy atom. The van der Waals surface area contributed by atoms with Crippen molar-refractivity contribution in [3.8, 4) is 0 Å². The number of amides is 2. The average Bonchev–Trinajstić information content (AvgIpc) is 3.03. The smallest absolute Gasteiger partial charge is 0.337 e. The lowest BCUT2D eigenvalue weighted by molar-refractivity contribution is -0.139. The van der Waals surface area contributed by atoms with Crippen molar-refractivity contribution in [3.63, 3.8) is 0 Å². The molecule has 0 aromatic heterocycles. The minimum Gasteiger partial charge on any atom is -0.463 e. The first-order valence-electron chi connectivity index (χ1n) is 8.86. The summed E-state index contributed by atoms with van der Waals surface area (Å²) in [6, 6.07) is 10.0. The maximum Gasteiger partial charge on any atom is 0.337 e. The zero-order valence-corrected chi connectivity index (χ0v) is 14.7. The summed E-state index contributed by atoms with van der Waals surface area (Å²) in [6.45, 7) is 5.38. The molecule has 3 rings (SSSR count). The molecule has 2 atom stereocenters. The first kappa shape index (κ1) is 17.5. The maximum absolute atomic E-state index is 12.4. The fourth-order valence-corrected chi connectivity index (χ4v) is 3.68. The fraction of sp³-hybridized carbons (Fsp3) is 0.474. The predicted octanol–water partition coefficient (Wildman–Crippen LogP) is 2.34. The molecule has 2 aliphatic rings. The molecule has 134 valence electrons. The number of hydrogen-bond acceptors (Lipinski definition) is 4. The molecule has 1 aromatic carbocycles. The number of ether oxygens (including phenoxy) is 1. The highest BCUT2D eigenvalue weighted by molar-refractivity contribution is 5.94. The average molecular weight is 343 g/mol. The van der Waals surface area contributed by atoms with Gasteiger partial charge in [-0.1, -0.05) is 30.3 Å². The van der Waals surface area contributed by atoms with E-state index in [1.165, 1.54) is 5.56 Å². The van der Waals surface area contributed by atoms with E-state index in [-0.39, 0.29) is 18.0 Å². The Labute approximate surface area is 148 Å². The van der Waals surface area contributed by atoms with E-state index in [2.05, 4.69) is 27.7 Å². The van der Waals surface area contributed by atoms with Gasteiger partial charge in [0.05, 0.1) is 18.2 Å². The van der Waals surface area contributed by atoms with E-state index in [9.17, 15) is 9.59 Å². The van der Waals surface area contributed by atoms with Crippen LogP contribution in [0.5, 0.6) is 0 Å². The molecular weight excluding hydrogens is 318 g/mol. The predicted molar refractivity (Wildman–Crippen MR) is 94.8 cm³/mol. The summed E-state index contributed by atoms with van der Waals surface area (Å²) >= 11 is 0. The van der Waals surface area contributed by atoms with E-state index in [0.29, 0.717) is 30.5 Å². The zero-order chi connectivity index (χ0) is 17.8. The molecule has 25 heavy (non-hydrogen) atoms. The summed E-state index contributed by atoms with van der Waals surface area (Å²) in [5, 5.41) is 5.56. The molecule has 0 aliphatic carbocycles. The molecule has 2 N–H and O–H groups in total. The van der Waals surface area contributed by atoms with E-state index < -0.39 is 0 Å². The highest BCUT2D eigenvalue weighted by atomic mass is 16.5. The number of esters is 1. The Morgan fingerprint density at radius 1 is 1.32 bits per heavy atom.